The van der Waals surface area contributed by atoms with Crippen LogP contribution in [0.5, 0.6) is 11.5 Å². The summed E-state index contributed by atoms with van der Waals surface area (Å²) in [6.45, 7) is -0.0950. The summed E-state index contributed by atoms with van der Waals surface area (Å²) in [6.07, 6.45) is -3.59. The van der Waals surface area contributed by atoms with Crippen LogP contribution in [-0.2, 0) is 6.54 Å². The van der Waals surface area contributed by atoms with Crippen molar-refractivity contribution in [1.29, 1.82) is 0 Å². The van der Waals surface area contributed by atoms with Gasteiger partial charge in [0.05, 0.1) is 39.5 Å². The number of nitrogens with one attached hydrogen (secondary N) is 1. The van der Waals surface area contributed by atoms with Crippen molar-refractivity contribution in [3.63, 3.8) is 0 Å². The number of aromatic hydroxyl groups is 1. The maximum Gasteiger partial charge on any atom is 0.573 e. The van der Waals surface area contributed by atoms with Crippen LogP contribution in [-0.4, -0.2) is 26.9 Å². The Bertz CT molecular complexity index is 1480. The zero-order valence-electron chi connectivity index (χ0n) is 17.4. The van der Waals surface area contributed by atoms with E-state index in [1.165, 1.54) is 41.2 Å². The molecule has 0 unspecified atom stereocenters. The number of halogens is 5. The Morgan fingerprint density at radius 2 is 1.77 bits per heavy atom. The fourth-order valence-electron chi connectivity index (χ4n) is 3.35. The van der Waals surface area contributed by atoms with Crippen LogP contribution in [0.3, 0.4) is 0 Å². The Balaban J connectivity index is 1.67. The van der Waals surface area contributed by atoms with E-state index in [0.717, 1.165) is 12.1 Å². The number of hydrogen-bond acceptors (Lipinski definition) is 5. The molecule has 1 aromatic heterocycles. The average Bonchev–Trinajstić information content (AvgIpc) is 2.78. The van der Waals surface area contributed by atoms with Crippen molar-refractivity contribution in [2.45, 2.75) is 12.9 Å². The minimum Gasteiger partial charge on any atom is -0.505 e. The van der Waals surface area contributed by atoms with Gasteiger partial charge in [0.25, 0.3) is 11.5 Å². The van der Waals surface area contributed by atoms with Gasteiger partial charge in [-0.3, -0.25) is 14.2 Å². The van der Waals surface area contributed by atoms with Crippen molar-refractivity contribution >= 4 is 45.7 Å². The van der Waals surface area contributed by atoms with Gasteiger partial charge in [0, 0.05) is 5.56 Å². The lowest BCUT2D eigenvalue weighted by molar-refractivity contribution is -0.274. The van der Waals surface area contributed by atoms with Crippen LogP contribution in [0.25, 0.3) is 10.9 Å². The first-order valence-corrected chi connectivity index (χ1v) is 10.6. The van der Waals surface area contributed by atoms with E-state index in [9.17, 15) is 27.9 Å². The lowest BCUT2D eigenvalue weighted by Gasteiger charge is -2.13. The van der Waals surface area contributed by atoms with Gasteiger partial charge >= 0.3 is 6.36 Å². The number of fused-ring (bicyclic) bond motifs is 1. The van der Waals surface area contributed by atoms with Crippen molar-refractivity contribution in [2.24, 2.45) is 0 Å². The average molecular weight is 524 g/mol. The fraction of sp³-hybridized carbons (Fsp3) is 0.0870. The molecule has 35 heavy (non-hydrogen) atoms. The molecule has 180 valence electrons. The molecule has 0 bridgehead atoms. The number of hydrogen-bond donors (Lipinski definition) is 2. The SMILES string of the molecule is O=C(Nc1cccc2ncn(Cc3cccc(OC(F)(F)F)c3)c(=O)c12)c1cc(Cl)c(O)c(Cl)c1. The summed E-state index contributed by atoms with van der Waals surface area (Å²) in [6, 6.07) is 12.3. The molecule has 0 aliphatic carbocycles. The third-order valence-electron chi connectivity index (χ3n) is 4.87. The highest BCUT2D eigenvalue weighted by Crippen LogP contribution is 2.33. The smallest absolute Gasteiger partial charge is 0.505 e. The summed E-state index contributed by atoms with van der Waals surface area (Å²) in [5, 5.41) is 12.1. The van der Waals surface area contributed by atoms with Gasteiger partial charge in [-0.15, -0.1) is 13.2 Å². The molecule has 0 spiro atoms. The van der Waals surface area contributed by atoms with Gasteiger partial charge < -0.3 is 15.2 Å². The summed E-state index contributed by atoms with van der Waals surface area (Å²) in [7, 11) is 0. The number of aromatic nitrogens is 2. The number of benzene rings is 3. The van der Waals surface area contributed by atoms with Crippen LogP contribution in [0.2, 0.25) is 10.0 Å². The maximum atomic E-state index is 13.2. The standard InChI is InChI=1S/C23H14Cl2F3N3O4/c24-15-8-13(9-16(25)20(15)32)21(33)30-18-6-2-5-17-19(18)22(34)31(11-29-17)10-12-3-1-4-14(7-12)35-23(26,27)28/h1-9,11,32H,10H2,(H,30,33). The Morgan fingerprint density at radius 1 is 1.09 bits per heavy atom. The molecule has 1 heterocycles. The van der Waals surface area contributed by atoms with Crippen LogP contribution < -0.4 is 15.6 Å². The van der Waals surface area contributed by atoms with Crippen molar-refractivity contribution in [3.05, 3.63) is 92.5 Å². The molecule has 1 amide bonds. The molecule has 4 aromatic rings. The first-order chi connectivity index (χ1) is 16.5. The van der Waals surface area contributed by atoms with Gasteiger partial charge in [0.1, 0.15) is 5.75 Å². The molecule has 0 atom stereocenters. The zero-order valence-corrected chi connectivity index (χ0v) is 18.9. The first-order valence-electron chi connectivity index (χ1n) is 9.84. The van der Waals surface area contributed by atoms with Gasteiger partial charge in [0.2, 0.25) is 0 Å². The quantitative estimate of drug-likeness (QED) is 0.354. The van der Waals surface area contributed by atoms with E-state index in [2.05, 4.69) is 15.0 Å². The molecule has 2 N–H and O–H groups in total. The van der Waals surface area contributed by atoms with Gasteiger partial charge in [-0.1, -0.05) is 41.4 Å². The predicted molar refractivity (Wildman–Crippen MR) is 124 cm³/mol. The van der Waals surface area contributed by atoms with E-state index in [1.54, 1.807) is 12.1 Å². The number of carbonyl (C=O) groups is 1. The van der Waals surface area contributed by atoms with Crippen LogP contribution in [0.15, 0.2) is 65.7 Å². The second-order valence-electron chi connectivity index (χ2n) is 7.32. The molecule has 0 radical (unpaired) electrons. The van der Waals surface area contributed by atoms with E-state index in [4.69, 9.17) is 23.2 Å². The molecule has 0 fully saturated rings. The van der Waals surface area contributed by atoms with Crippen LogP contribution in [0, 0.1) is 0 Å². The molecule has 4 rings (SSSR count). The summed E-state index contributed by atoms with van der Waals surface area (Å²) in [4.78, 5) is 30.2. The molecule has 0 aliphatic heterocycles. The summed E-state index contributed by atoms with van der Waals surface area (Å²) >= 11 is 11.8. The molecule has 3 aromatic carbocycles. The summed E-state index contributed by atoms with van der Waals surface area (Å²) in [5.41, 5.74) is 0.314. The number of phenolic OH excluding ortho intramolecular Hbond substituents is 1. The lowest BCUT2D eigenvalue weighted by Crippen LogP contribution is -2.23. The van der Waals surface area contributed by atoms with E-state index in [-0.39, 0.29) is 39.0 Å². The molecular weight excluding hydrogens is 510 g/mol. The minimum atomic E-state index is -4.85. The lowest BCUT2D eigenvalue weighted by atomic mass is 10.1. The molecule has 0 aliphatic rings. The van der Waals surface area contributed by atoms with Gasteiger partial charge in [0.15, 0.2) is 5.75 Å². The van der Waals surface area contributed by atoms with E-state index >= 15 is 0 Å². The summed E-state index contributed by atoms with van der Waals surface area (Å²) in [5.74, 6) is -1.43. The van der Waals surface area contributed by atoms with Crippen LogP contribution in [0.4, 0.5) is 18.9 Å². The number of alkyl halides is 3. The van der Waals surface area contributed by atoms with Crippen molar-refractivity contribution < 1.29 is 27.8 Å². The topological polar surface area (TPSA) is 93.5 Å². The van der Waals surface area contributed by atoms with Crippen molar-refractivity contribution in [2.75, 3.05) is 5.32 Å². The van der Waals surface area contributed by atoms with Crippen LogP contribution in [0.1, 0.15) is 15.9 Å². The Hall–Kier alpha value is -3.76. The number of phenols is 1. The van der Waals surface area contributed by atoms with Gasteiger partial charge in [-0.25, -0.2) is 4.98 Å². The third-order valence-corrected chi connectivity index (χ3v) is 5.44. The van der Waals surface area contributed by atoms with Crippen LogP contribution >= 0.6 is 23.2 Å². The summed E-state index contributed by atoms with van der Waals surface area (Å²) < 4.78 is 42.7. The molecule has 7 nitrogen and oxygen atoms in total. The monoisotopic (exact) mass is 523 g/mol. The fourth-order valence-corrected chi connectivity index (χ4v) is 3.83. The Kier molecular flexibility index (Phi) is 6.60. The molecule has 0 saturated carbocycles. The number of rotatable bonds is 5. The van der Waals surface area contributed by atoms with E-state index in [1.807, 2.05) is 0 Å². The molecule has 0 saturated heterocycles. The molecule has 12 heteroatoms. The highest BCUT2D eigenvalue weighted by molar-refractivity contribution is 6.37. The first kappa shape index (κ1) is 24.4. The number of ether oxygens (including phenoxy) is 1. The number of nitrogens with zero attached hydrogens (tertiary/aromatic N) is 2. The van der Waals surface area contributed by atoms with Crippen molar-refractivity contribution in [1.82, 2.24) is 9.55 Å². The largest absolute Gasteiger partial charge is 0.573 e. The maximum absolute atomic E-state index is 13.2. The van der Waals surface area contributed by atoms with Crippen molar-refractivity contribution in [3.8, 4) is 11.5 Å². The predicted octanol–water partition coefficient (Wildman–Crippen LogP) is 5.61. The minimum absolute atomic E-state index is 0.0421. The number of carbonyl (C=O) groups excluding carboxylic acids is 1. The second-order valence-corrected chi connectivity index (χ2v) is 8.13. The second kappa shape index (κ2) is 9.47. The highest BCUT2D eigenvalue weighted by Gasteiger charge is 2.31. The molecular formula is C23H14Cl2F3N3O4. The Morgan fingerprint density at radius 3 is 2.46 bits per heavy atom. The highest BCUT2D eigenvalue weighted by atomic mass is 35.5. The van der Waals surface area contributed by atoms with Gasteiger partial charge in [-0.2, -0.15) is 0 Å². The Labute approximate surface area is 205 Å². The van der Waals surface area contributed by atoms with Gasteiger partial charge in [-0.05, 0) is 42.0 Å². The normalized spacial score (nSPS) is 11.5. The van der Waals surface area contributed by atoms with E-state index in [0.29, 0.717) is 11.1 Å². The zero-order chi connectivity index (χ0) is 25.3. The number of amides is 1. The third kappa shape index (κ3) is 5.50. The number of anilines is 1. The van der Waals surface area contributed by atoms with E-state index < -0.39 is 23.6 Å².